The van der Waals surface area contributed by atoms with Gasteiger partial charge < -0.3 is 49.0 Å². The molecular weight excluding hydrogens is 630 g/mol. The SMILES string of the molecule is C#CC[C@@H]1CC(=O)N(C)C[C@H](C)C[C@@](C)(O)[C@H](O[C@@H]2O[C@H](C)C[C@H](N(C)C)[C@H]2O)[C@@H](C)[C@H](O[C@H]2C[C@@](C)(OC)[C@@H](C)[C@H](C)O2)[C@@H](C)C(=O)N1. The number of hydrogen-bond donors (Lipinski definition) is 3. The zero-order chi connectivity index (χ0) is 37.0. The lowest BCUT2D eigenvalue weighted by Crippen LogP contribution is -2.60. The van der Waals surface area contributed by atoms with Crippen molar-refractivity contribution >= 4 is 11.8 Å². The number of carbonyl (C=O) groups excluding carboxylic acids is 2. The molecular formula is C37H65N3O9. The predicted molar refractivity (Wildman–Crippen MR) is 186 cm³/mol. The summed E-state index contributed by atoms with van der Waals surface area (Å²) in [6.07, 6.45) is 2.17. The van der Waals surface area contributed by atoms with Crippen molar-refractivity contribution in [2.75, 3.05) is 34.8 Å². The number of aliphatic hydroxyl groups excluding tert-OH is 1. The summed E-state index contributed by atoms with van der Waals surface area (Å²) in [6.45, 7) is 15.7. The molecule has 0 aliphatic carbocycles. The standard InChI is InChI=1S/C37H65N3O9/c1-14-15-27-17-29(41)40(12)20-21(2)18-36(8,44)33(49-35-31(42)28(39(10)11)16-22(3)46-35)23(4)32(24(5)34(43)38-27)48-30-19-37(9,45-13)25(6)26(7)47-30/h1,21-28,30-33,35,42,44H,15-20H2,2-13H3,(H,38,43)/t21-,22-,23+,24-,25+,26+,27-,28+,30+,31-,32+,33-,35+,36-,37-/m1/s1. The molecule has 0 spiro atoms. The van der Waals surface area contributed by atoms with E-state index in [0.717, 1.165) is 0 Å². The molecule has 3 rings (SSSR count). The summed E-state index contributed by atoms with van der Waals surface area (Å²) in [5, 5.41) is 26.9. The number of hydrogen-bond acceptors (Lipinski definition) is 10. The molecule has 12 heteroatoms. The third-order valence-corrected chi connectivity index (χ3v) is 11.4. The number of rotatable bonds is 7. The Hall–Kier alpha value is -1.82. The van der Waals surface area contributed by atoms with Crippen LogP contribution in [0.4, 0.5) is 0 Å². The van der Waals surface area contributed by atoms with Gasteiger partial charge in [-0.2, -0.15) is 0 Å². The fraction of sp³-hybridized carbons (Fsp3) is 0.892. The average molecular weight is 696 g/mol. The largest absolute Gasteiger partial charge is 0.387 e. The Balaban J connectivity index is 2.11. The van der Waals surface area contributed by atoms with E-state index in [9.17, 15) is 19.8 Å². The summed E-state index contributed by atoms with van der Waals surface area (Å²) in [6, 6.07) is -0.806. The molecule has 3 N–H and O–H groups in total. The first-order valence-electron chi connectivity index (χ1n) is 18.0. The summed E-state index contributed by atoms with van der Waals surface area (Å²) in [5.74, 6) is 0.623. The van der Waals surface area contributed by atoms with Crippen LogP contribution in [-0.2, 0) is 33.3 Å². The van der Waals surface area contributed by atoms with Gasteiger partial charge in [0, 0.05) is 63.9 Å². The second-order valence-electron chi connectivity index (χ2n) is 15.9. The molecule has 0 bridgehead atoms. The zero-order valence-corrected chi connectivity index (χ0v) is 32.0. The van der Waals surface area contributed by atoms with E-state index in [1.54, 1.807) is 32.9 Å². The maximum atomic E-state index is 14.1. The highest BCUT2D eigenvalue weighted by Gasteiger charge is 2.50. The maximum absolute atomic E-state index is 14.1. The summed E-state index contributed by atoms with van der Waals surface area (Å²) < 4.78 is 32.0. The van der Waals surface area contributed by atoms with Gasteiger partial charge in [-0.1, -0.05) is 27.7 Å². The summed E-state index contributed by atoms with van der Waals surface area (Å²) >= 11 is 0. The Bertz CT molecular complexity index is 1150. The lowest BCUT2D eigenvalue weighted by Gasteiger charge is -2.49. The highest BCUT2D eigenvalue weighted by atomic mass is 16.7. The molecule has 12 nitrogen and oxygen atoms in total. The first kappa shape index (κ1) is 41.6. The van der Waals surface area contributed by atoms with Crippen LogP contribution in [0.2, 0.25) is 0 Å². The average Bonchev–Trinajstić information content (AvgIpc) is 3.00. The Morgan fingerprint density at radius 2 is 1.73 bits per heavy atom. The molecule has 0 aromatic rings. The van der Waals surface area contributed by atoms with Crippen LogP contribution in [0.3, 0.4) is 0 Å². The van der Waals surface area contributed by atoms with Gasteiger partial charge in [-0.15, -0.1) is 12.3 Å². The molecule has 282 valence electrons. The summed E-state index contributed by atoms with van der Waals surface area (Å²) in [7, 11) is 7.20. The molecule has 0 aromatic heterocycles. The van der Waals surface area contributed by atoms with Gasteiger partial charge in [0.25, 0.3) is 0 Å². The lowest BCUT2D eigenvalue weighted by atomic mass is 9.77. The first-order chi connectivity index (χ1) is 22.7. The van der Waals surface area contributed by atoms with Crippen molar-refractivity contribution < 1.29 is 43.5 Å². The van der Waals surface area contributed by atoms with E-state index in [-0.39, 0.29) is 61.2 Å². The van der Waals surface area contributed by atoms with Crippen molar-refractivity contribution in [3.05, 3.63) is 0 Å². The van der Waals surface area contributed by atoms with Crippen molar-refractivity contribution in [2.45, 2.75) is 154 Å². The number of amides is 2. The second kappa shape index (κ2) is 17.1. The summed E-state index contributed by atoms with van der Waals surface area (Å²) in [4.78, 5) is 30.9. The molecule has 3 heterocycles. The number of likely N-dealkylation sites (N-methyl/N-ethyl adjacent to an activating group) is 1. The van der Waals surface area contributed by atoms with Crippen molar-refractivity contribution in [3.63, 3.8) is 0 Å². The van der Waals surface area contributed by atoms with Crippen LogP contribution in [0, 0.1) is 36.0 Å². The molecule has 0 radical (unpaired) electrons. The minimum absolute atomic E-state index is 0.0462. The van der Waals surface area contributed by atoms with E-state index < -0.39 is 60.0 Å². The number of terminal acetylenes is 1. The molecule has 15 atom stereocenters. The van der Waals surface area contributed by atoms with Gasteiger partial charge >= 0.3 is 0 Å². The van der Waals surface area contributed by atoms with Gasteiger partial charge in [0.15, 0.2) is 12.6 Å². The van der Waals surface area contributed by atoms with Crippen LogP contribution < -0.4 is 5.32 Å². The van der Waals surface area contributed by atoms with E-state index in [0.29, 0.717) is 19.4 Å². The van der Waals surface area contributed by atoms with Crippen molar-refractivity contribution in [1.82, 2.24) is 15.1 Å². The van der Waals surface area contributed by atoms with Gasteiger partial charge in [0.2, 0.25) is 11.8 Å². The van der Waals surface area contributed by atoms with E-state index in [1.165, 1.54) is 0 Å². The summed E-state index contributed by atoms with van der Waals surface area (Å²) in [5.41, 5.74) is -2.04. The normalized spacial score (nSPS) is 45.0. The lowest BCUT2D eigenvalue weighted by molar-refractivity contribution is -0.313. The van der Waals surface area contributed by atoms with Gasteiger partial charge in [0.05, 0.1) is 41.5 Å². The van der Waals surface area contributed by atoms with Crippen molar-refractivity contribution in [3.8, 4) is 12.3 Å². The zero-order valence-electron chi connectivity index (χ0n) is 32.0. The van der Waals surface area contributed by atoms with Gasteiger partial charge in [-0.3, -0.25) is 9.59 Å². The topological polar surface area (TPSA) is 139 Å². The Morgan fingerprint density at radius 3 is 2.33 bits per heavy atom. The molecule has 2 amide bonds. The van der Waals surface area contributed by atoms with Crippen LogP contribution in [0.1, 0.15) is 87.5 Å². The smallest absolute Gasteiger partial charge is 0.225 e. The monoisotopic (exact) mass is 695 g/mol. The number of nitrogens with one attached hydrogen (secondary N) is 1. The van der Waals surface area contributed by atoms with E-state index in [1.807, 2.05) is 53.6 Å². The highest BCUT2D eigenvalue weighted by Crippen LogP contribution is 2.41. The fourth-order valence-electron chi connectivity index (χ4n) is 8.07. The number of nitrogens with zero attached hydrogens (tertiary/aromatic N) is 2. The third-order valence-electron chi connectivity index (χ3n) is 11.4. The molecule has 3 saturated heterocycles. The molecule has 0 unspecified atom stereocenters. The van der Waals surface area contributed by atoms with Crippen LogP contribution in [0.5, 0.6) is 0 Å². The molecule has 0 saturated carbocycles. The quantitative estimate of drug-likeness (QED) is 0.341. The minimum atomic E-state index is -1.50. The third kappa shape index (κ3) is 10.2. The van der Waals surface area contributed by atoms with E-state index in [2.05, 4.69) is 18.2 Å². The number of ether oxygens (including phenoxy) is 5. The molecule has 0 aromatic carbocycles. The minimum Gasteiger partial charge on any atom is -0.387 e. The Morgan fingerprint density at radius 1 is 1.08 bits per heavy atom. The molecule has 49 heavy (non-hydrogen) atoms. The number of methoxy groups -OCH3 is 1. The van der Waals surface area contributed by atoms with Gasteiger partial charge in [0.1, 0.15) is 6.10 Å². The van der Waals surface area contributed by atoms with Gasteiger partial charge in [-0.05, 0) is 60.5 Å². The maximum Gasteiger partial charge on any atom is 0.225 e. The Kier molecular flexibility index (Phi) is 14.5. The van der Waals surface area contributed by atoms with Crippen LogP contribution >= 0.6 is 0 Å². The predicted octanol–water partition coefficient (Wildman–Crippen LogP) is 2.78. The van der Waals surface area contributed by atoms with Crippen LogP contribution in [0.15, 0.2) is 0 Å². The van der Waals surface area contributed by atoms with Crippen LogP contribution in [-0.4, -0.2) is 133 Å². The fourth-order valence-corrected chi connectivity index (χ4v) is 8.07. The molecule has 3 aliphatic rings. The molecule has 3 aliphatic heterocycles. The van der Waals surface area contributed by atoms with Gasteiger partial charge in [-0.25, -0.2) is 0 Å². The highest BCUT2D eigenvalue weighted by molar-refractivity contribution is 5.81. The van der Waals surface area contributed by atoms with E-state index >= 15 is 0 Å². The van der Waals surface area contributed by atoms with Crippen molar-refractivity contribution in [1.29, 1.82) is 0 Å². The second-order valence-corrected chi connectivity index (χ2v) is 15.9. The Labute approximate surface area is 294 Å². The number of aliphatic hydroxyl groups is 2. The van der Waals surface area contributed by atoms with Crippen LogP contribution in [0.25, 0.3) is 0 Å². The molecule has 3 fully saturated rings. The van der Waals surface area contributed by atoms with E-state index in [4.69, 9.17) is 30.1 Å². The first-order valence-corrected chi connectivity index (χ1v) is 18.0. The van der Waals surface area contributed by atoms with Crippen molar-refractivity contribution in [2.24, 2.45) is 23.7 Å². The number of carbonyl (C=O) groups is 2.